The Hall–Kier alpha value is -0.650. The number of hydrogen-bond acceptors (Lipinski definition) is 4. The van der Waals surface area contributed by atoms with Gasteiger partial charge in [0.05, 0.1) is 6.10 Å². The Morgan fingerprint density at radius 2 is 2.08 bits per heavy atom. The van der Waals surface area contributed by atoms with Gasteiger partial charge in [-0.1, -0.05) is 0 Å². The summed E-state index contributed by atoms with van der Waals surface area (Å²) in [5.74, 6) is -1.05. The van der Waals surface area contributed by atoms with Crippen LogP contribution in [0.1, 0.15) is 20.8 Å². The van der Waals surface area contributed by atoms with Crippen LogP contribution < -0.4 is 11.1 Å². The molecule has 2 unspecified atom stereocenters. The van der Waals surface area contributed by atoms with Gasteiger partial charge < -0.3 is 21.3 Å². The maximum atomic E-state index is 10.4. The number of aliphatic carboxylic acids is 1. The number of rotatable bonds is 5. The minimum Gasteiger partial charge on any atom is -0.480 e. The zero-order valence-corrected chi connectivity index (χ0v) is 8.24. The second-order valence-corrected chi connectivity index (χ2v) is 3.72. The minimum atomic E-state index is -1.05. The summed E-state index contributed by atoms with van der Waals surface area (Å²) < 4.78 is 0. The van der Waals surface area contributed by atoms with Gasteiger partial charge in [0, 0.05) is 12.1 Å². The number of carboxylic acid groups (broad SMARTS) is 1. The van der Waals surface area contributed by atoms with Crippen molar-refractivity contribution in [1.29, 1.82) is 0 Å². The Morgan fingerprint density at radius 3 is 2.38 bits per heavy atom. The highest BCUT2D eigenvalue weighted by Crippen LogP contribution is 2.07. The molecule has 5 nitrogen and oxygen atoms in total. The van der Waals surface area contributed by atoms with Crippen molar-refractivity contribution in [3.63, 3.8) is 0 Å². The predicted octanol–water partition coefficient (Wildman–Crippen LogP) is -0.853. The lowest BCUT2D eigenvalue weighted by Crippen LogP contribution is -2.53. The maximum absolute atomic E-state index is 10.4. The quantitative estimate of drug-likeness (QED) is 0.453. The van der Waals surface area contributed by atoms with E-state index < -0.39 is 23.7 Å². The average molecular weight is 190 g/mol. The normalized spacial score (nSPS) is 16.7. The van der Waals surface area contributed by atoms with Gasteiger partial charge in [-0.25, -0.2) is 0 Å². The van der Waals surface area contributed by atoms with Crippen LogP contribution in [0.5, 0.6) is 0 Å². The first-order chi connectivity index (χ1) is 5.77. The molecule has 13 heavy (non-hydrogen) atoms. The van der Waals surface area contributed by atoms with Crippen LogP contribution in [-0.2, 0) is 4.79 Å². The lowest BCUT2D eigenvalue weighted by molar-refractivity contribution is -0.138. The van der Waals surface area contributed by atoms with Crippen LogP contribution in [-0.4, -0.2) is 40.4 Å². The molecule has 0 spiro atoms. The smallest absolute Gasteiger partial charge is 0.321 e. The SMILES string of the molecule is CC(O)C(C)(C)NCC(N)C(=O)O. The van der Waals surface area contributed by atoms with Crippen LogP contribution in [0.25, 0.3) is 0 Å². The van der Waals surface area contributed by atoms with Gasteiger partial charge in [0.25, 0.3) is 0 Å². The van der Waals surface area contributed by atoms with Gasteiger partial charge in [0.1, 0.15) is 6.04 Å². The average Bonchev–Trinajstić information content (AvgIpc) is 1.99. The number of nitrogens with two attached hydrogens (primary N) is 1. The van der Waals surface area contributed by atoms with E-state index in [0.717, 1.165) is 0 Å². The molecule has 0 bridgehead atoms. The molecule has 5 N–H and O–H groups in total. The third-order valence-corrected chi connectivity index (χ3v) is 2.14. The van der Waals surface area contributed by atoms with E-state index in [9.17, 15) is 9.90 Å². The fraction of sp³-hybridized carbons (Fsp3) is 0.875. The molecule has 78 valence electrons. The van der Waals surface area contributed by atoms with E-state index in [1.165, 1.54) is 0 Å². The summed E-state index contributed by atoms with van der Waals surface area (Å²) in [5, 5.41) is 20.7. The van der Waals surface area contributed by atoms with Crippen molar-refractivity contribution in [2.45, 2.75) is 38.5 Å². The van der Waals surface area contributed by atoms with E-state index in [0.29, 0.717) is 0 Å². The number of aliphatic hydroxyl groups excluding tert-OH is 1. The molecule has 0 saturated heterocycles. The van der Waals surface area contributed by atoms with Crippen molar-refractivity contribution in [3.05, 3.63) is 0 Å². The molecule has 0 aromatic rings. The summed E-state index contributed by atoms with van der Waals surface area (Å²) in [6.07, 6.45) is -0.562. The molecule has 0 aliphatic rings. The molecule has 0 aromatic heterocycles. The van der Waals surface area contributed by atoms with Crippen molar-refractivity contribution in [2.24, 2.45) is 5.73 Å². The molecule has 0 amide bonds. The number of carboxylic acids is 1. The summed E-state index contributed by atoms with van der Waals surface area (Å²) in [4.78, 5) is 10.4. The third-order valence-electron chi connectivity index (χ3n) is 2.14. The first kappa shape index (κ1) is 12.3. The van der Waals surface area contributed by atoms with Crippen LogP contribution in [0, 0.1) is 0 Å². The Labute approximate surface area is 77.9 Å². The van der Waals surface area contributed by atoms with Gasteiger partial charge in [-0.05, 0) is 20.8 Å². The fourth-order valence-corrected chi connectivity index (χ4v) is 0.608. The number of carbonyl (C=O) groups is 1. The Bertz CT molecular complexity index is 180. The highest BCUT2D eigenvalue weighted by Gasteiger charge is 2.24. The summed E-state index contributed by atoms with van der Waals surface area (Å²) in [6.45, 7) is 5.35. The largest absolute Gasteiger partial charge is 0.480 e. The van der Waals surface area contributed by atoms with Crippen LogP contribution >= 0.6 is 0 Å². The minimum absolute atomic E-state index is 0.146. The fourth-order valence-electron chi connectivity index (χ4n) is 0.608. The molecule has 0 radical (unpaired) electrons. The molecule has 2 atom stereocenters. The third kappa shape index (κ3) is 4.21. The number of nitrogens with one attached hydrogen (secondary N) is 1. The Balaban J connectivity index is 3.95. The van der Waals surface area contributed by atoms with Gasteiger partial charge in [-0.2, -0.15) is 0 Å². The van der Waals surface area contributed by atoms with E-state index in [4.69, 9.17) is 10.8 Å². The highest BCUT2D eigenvalue weighted by molar-refractivity contribution is 5.73. The van der Waals surface area contributed by atoms with Crippen molar-refractivity contribution in [3.8, 4) is 0 Å². The molecular formula is C8H18N2O3. The van der Waals surface area contributed by atoms with E-state index in [1.54, 1.807) is 20.8 Å². The number of aliphatic hydroxyl groups is 1. The van der Waals surface area contributed by atoms with Crippen molar-refractivity contribution in [2.75, 3.05) is 6.54 Å². The zero-order chi connectivity index (χ0) is 10.6. The standard InChI is InChI=1S/C8H18N2O3/c1-5(11)8(2,3)10-4-6(9)7(12)13/h5-6,10-11H,4,9H2,1-3H3,(H,12,13). The topological polar surface area (TPSA) is 95.6 Å². The Morgan fingerprint density at radius 1 is 1.62 bits per heavy atom. The van der Waals surface area contributed by atoms with Crippen molar-refractivity contribution in [1.82, 2.24) is 5.32 Å². The van der Waals surface area contributed by atoms with E-state index >= 15 is 0 Å². The van der Waals surface area contributed by atoms with Crippen molar-refractivity contribution < 1.29 is 15.0 Å². The molecule has 0 rings (SSSR count). The van der Waals surface area contributed by atoms with Crippen LogP contribution in [0.4, 0.5) is 0 Å². The zero-order valence-electron chi connectivity index (χ0n) is 8.24. The second-order valence-electron chi connectivity index (χ2n) is 3.72. The van der Waals surface area contributed by atoms with Gasteiger partial charge in [0.15, 0.2) is 0 Å². The van der Waals surface area contributed by atoms with Crippen molar-refractivity contribution >= 4 is 5.97 Å². The Kier molecular flexibility index (Phi) is 4.32. The molecule has 5 heteroatoms. The molecule has 0 aliphatic heterocycles. The van der Waals surface area contributed by atoms with Crippen LogP contribution in [0.3, 0.4) is 0 Å². The predicted molar refractivity (Wildman–Crippen MR) is 49.4 cm³/mol. The van der Waals surface area contributed by atoms with Gasteiger partial charge in [0.2, 0.25) is 0 Å². The second kappa shape index (κ2) is 4.55. The first-order valence-corrected chi connectivity index (χ1v) is 4.19. The van der Waals surface area contributed by atoms with E-state index in [2.05, 4.69) is 5.32 Å². The maximum Gasteiger partial charge on any atom is 0.321 e. The van der Waals surface area contributed by atoms with Gasteiger partial charge in [-0.3, -0.25) is 4.79 Å². The number of hydrogen-bond donors (Lipinski definition) is 4. The lowest BCUT2D eigenvalue weighted by atomic mass is 9.98. The van der Waals surface area contributed by atoms with E-state index in [-0.39, 0.29) is 6.54 Å². The highest BCUT2D eigenvalue weighted by atomic mass is 16.4. The van der Waals surface area contributed by atoms with Crippen LogP contribution in [0.15, 0.2) is 0 Å². The molecule has 0 heterocycles. The summed E-state index contributed by atoms with van der Waals surface area (Å²) >= 11 is 0. The molecular weight excluding hydrogens is 172 g/mol. The first-order valence-electron chi connectivity index (χ1n) is 4.19. The lowest BCUT2D eigenvalue weighted by Gasteiger charge is -2.30. The molecule has 0 saturated carbocycles. The monoisotopic (exact) mass is 190 g/mol. The van der Waals surface area contributed by atoms with Gasteiger partial charge in [-0.15, -0.1) is 0 Å². The molecule has 0 fully saturated rings. The van der Waals surface area contributed by atoms with Gasteiger partial charge >= 0.3 is 5.97 Å². The molecule has 0 aliphatic carbocycles. The summed E-state index contributed by atoms with van der Waals surface area (Å²) in [6, 6.07) is -0.932. The summed E-state index contributed by atoms with van der Waals surface area (Å²) in [7, 11) is 0. The van der Waals surface area contributed by atoms with E-state index in [1.807, 2.05) is 0 Å². The van der Waals surface area contributed by atoms with Crippen LogP contribution in [0.2, 0.25) is 0 Å². The molecule has 0 aromatic carbocycles. The summed E-state index contributed by atoms with van der Waals surface area (Å²) in [5.41, 5.74) is 4.76.